The summed E-state index contributed by atoms with van der Waals surface area (Å²) in [6.07, 6.45) is 0.297. The highest BCUT2D eigenvalue weighted by Crippen LogP contribution is 2.44. The van der Waals surface area contributed by atoms with Crippen LogP contribution in [0.4, 0.5) is 4.79 Å². The molecule has 4 amide bonds. The Kier molecular flexibility index (Phi) is 14.5. The average Bonchev–Trinajstić information content (AvgIpc) is 3.87. The summed E-state index contributed by atoms with van der Waals surface area (Å²) in [5.41, 5.74) is 5.93. The maximum absolute atomic E-state index is 14.2. The van der Waals surface area contributed by atoms with Gasteiger partial charge in [-0.05, 0) is 71.3 Å². The molecule has 0 bridgehead atoms. The lowest BCUT2D eigenvalue weighted by Gasteiger charge is -2.37. The zero-order valence-corrected chi connectivity index (χ0v) is 36.9. The normalized spacial score (nSPS) is 16.4. The molecule has 1 aliphatic heterocycles. The molecule has 6 rings (SSSR count). The second kappa shape index (κ2) is 19.7. The molecule has 1 saturated heterocycles. The third kappa shape index (κ3) is 11.1. The number of carbonyl (C=O) groups excluding carboxylic acids is 5. The van der Waals surface area contributed by atoms with Crippen molar-refractivity contribution in [3.63, 3.8) is 0 Å². The van der Waals surface area contributed by atoms with E-state index >= 15 is 0 Å². The molecule has 1 fully saturated rings. The molecule has 2 aliphatic rings. The van der Waals surface area contributed by atoms with E-state index in [0.717, 1.165) is 33.4 Å². The Labute approximate surface area is 359 Å². The van der Waals surface area contributed by atoms with Gasteiger partial charge in [-0.3, -0.25) is 14.4 Å². The van der Waals surface area contributed by atoms with E-state index in [0.29, 0.717) is 19.4 Å². The first-order chi connectivity index (χ1) is 29.1. The average molecular weight is 847 g/mol. The van der Waals surface area contributed by atoms with Gasteiger partial charge in [0.15, 0.2) is 8.32 Å². The van der Waals surface area contributed by atoms with E-state index in [9.17, 15) is 24.0 Å². The number of nitrogens with zero attached hydrogens (tertiary/aromatic N) is 1. The van der Waals surface area contributed by atoms with Gasteiger partial charge in [0, 0.05) is 18.9 Å². The Balaban J connectivity index is 1.11. The van der Waals surface area contributed by atoms with Crippen molar-refractivity contribution >= 4 is 38.1 Å². The molecule has 4 atom stereocenters. The summed E-state index contributed by atoms with van der Waals surface area (Å²) in [6, 6.07) is 30.4. The van der Waals surface area contributed by atoms with Crippen LogP contribution in [0.1, 0.15) is 68.7 Å². The number of alkyl carbamates (subject to hydrolysis) is 1. The van der Waals surface area contributed by atoms with Crippen LogP contribution in [0.15, 0.2) is 109 Å². The first-order valence-corrected chi connectivity index (χ1v) is 23.9. The molecule has 0 unspecified atom stereocenters. The largest absolute Gasteiger partial charge is 0.459 e. The predicted octanol–water partition coefficient (Wildman–Crippen LogP) is 6.88. The molecule has 4 aromatic carbocycles. The summed E-state index contributed by atoms with van der Waals surface area (Å²) in [5, 5.41) is 8.24. The molecule has 322 valence electrons. The van der Waals surface area contributed by atoms with Gasteiger partial charge in [-0.2, -0.15) is 0 Å². The molecule has 4 aromatic rings. The van der Waals surface area contributed by atoms with Gasteiger partial charge < -0.3 is 34.8 Å². The Bertz CT molecular complexity index is 2130. The Hall–Kier alpha value is -5.79. The van der Waals surface area contributed by atoms with Crippen LogP contribution in [0.2, 0.25) is 18.1 Å². The standard InChI is InChI=1S/C48H58N4O8Si/c1-32(49-47(57)59-30-39-37-24-15-13-22-35(37)36-23-14-16-25-38(36)39)45(55)52-27-17-26-42(52)44(54)50-40(28-33-18-9-7-10-19-33)43(53)51-41(31-60-61(5,6)48(2,3)4)46(56)58-29-34-20-11-8-12-21-34/h7-16,18-25,32,39-42H,17,26-31H2,1-6H3,(H,49,57)(H,50,54)(H,51,53)/t32-,40+,41+,42-/m0/s1. The molecular formula is C48H58N4O8Si. The Morgan fingerprint density at radius 2 is 1.31 bits per heavy atom. The van der Waals surface area contributed by atoms with E-state index in [4.69, 9.17) is 13.9 Å². The first kappa shape index (κ1) is 44.8. The highest BCUT2D eigenvalue weighted by molar-refractivity contribution is 6.74. The number of benzene rings is 4. The van der Waals surface area contributed by atoms with Crippen molar-refractivity contribution in [2.75, 3.05) is 19.8 Å². The fraction of sp³-hybridized carbons (Fsp3) is 0.396. The van der Waals surface area contributed by atoms with Crippen molar-refractivity contribution < 1.29 is 37.9 Å². The molecule has 0 radical (unpaired) electrons. The van der Waals surface area contributed by atoms with E-state index in [-0.39, 0.29) is 37.2 Å². The van der Waals surface area contributed by atoms with Crippen molar-refractivity contribution in [3.05, 3.63) is 131 Å². The molecular weight excluding hydrogens is 789 g/mol. The van der Waals surface area contributed by atoms with E-state index in [2.05, 4.69) is 61.9 Å². The third-order valence-corrected chi connectivity index (χ3v) is 16.5. The van der Waals surface area contributed by atoms with Gasteiger partial charge in [-0.1, -0.05) is 130 Å². The summed E-state index contributed by atoms with van der Waals surface area (Å²) < 4.78 is 17.8. The lowest BCUT2D eigenvalue weighted by molar-refractivity contribution is -0.150. The number of hydrogen-bond donors (Lipinski definition) is 3. The summed E-state index contributed by atoms with van der Waals surface area (Å²) in [5.74, 6) is -2.36. The van der Waals surface area contributed by atoms with Crippen LogP contribution >= 0.6 is 0 Å². The predicted molar refractivity (Wildman–Crippen MR) is 236 cm³/mol. The number of nitrogens with one attached hydrogen (secondary N) is 3. The summed E-state index contributed by atoms with van der Waals surface area (Å²) >= 11 is 0. The SMILES string of the molecule is C[C@H](NC(=O)OCC1c2ccccc2-c2ccccc21)C(=O)N1CCC[C@H]1C(=O)N[C@H](Cc1ccccc1)C(=O)N[C@H](CO[Si](C)(C)C(C)(C)C)C(=O)OCc1ccccc1. The quantitative estimate of drug-likeness (QED) is 0.0816. The van der Waals surface area contributed by atoms with Crippen LogP contribution in [-0.4, -0.2) is 86.9 Å². The Morgan fingerprint density at radius 3 is 1.92 bits per heavy atom. The first-order valence-electron chi connectivity index (χ1n) is 21.0. The van der Waals surface area contributed by atoms with E-state index in [1.165, 1.54) is 4.90 Å². The van der Waals surface area contributed by atoms with E-state index < -0.39 is 62.3 Å². The van der Waals surface area contributed by atoms with Gasteiger partial charge in [0.2, 0.25) is 17.7 Å². The summed E-state index contributed by atoms with van der Waals surface area (Å²) in [6.45, 7) is 12.2. The van der Waals surface area contributed by atoms with Gasteiger partial charge in [0.25, 0.3) is 0 Å². The number of carbonyl (C=O) groups is 5. The Morgan fingerprint density at radius 1 is 0.738 bits per heavy atom. The number of hydrogen-bond acceptors (Lipinski definition) is 8. The lowest BCUT2D eigenvalue weighted by atomic mass is 9.98. The fourth-order valence-corrected chi connectivity index (χ4v) is 8.55. The van der Waals surface area contributed by atoms with Crippen LogP contribution in [-0.2, 0) is 46.1 Å². The van der Waals surface area contributed by atoms with Crippen molar-refractivity contribution in [2.45, 2.75) is 102 Å². The number of fused-ring (bicyclic) bond motifs is 3. The van der Waals surface area contributed by atoms with Gasteiger partial charge in [-0.15, -0.1) is 0 Å². The van der Waals surface area contributed by atoms with Crippen LogP contribution in [0.5, 0.6) is 0 Å². The van der Waals surface area contributed by atoms with Gasteiger partial charge in [0.05, 0.1) is 6.61 Å². The second-order valence-electron chi connectivity index (χ2n) is 17.4. The van der Waals surface area contributed by atoms with E-state index in [1.54, 1.807) is 6.92 Å². The zero-order chi connectivity index (χ0) is 43.7. The van der Waals surface area contributed by atoms with Gasteiger partial charge in [-0.25, -0.2) is 9.59 Å². The van der Waals surface area contributed by atoms with Crippen molar-refractivity contribution in [2.24, 2.45) is 0 Å². The number of likely N-dealkylation sites (tertiary alicyclic amines) is 1. The fourth-order valence-electron chi connectivity index (χ4n) is 7.54. The molecule has 3 N–H and O–H groups in total. The minimum absolute atomic E-state index is 0.0104. The third-order valence-electron chi connectivity index (χ3n) is 12.0. The smallest absolute Gasteiger partial charge is 0.407 e. The highest BCUT2D eigenvalue weighted by atomic mass is 28.4. The number of ether oxygens (including phenoxy) is 2. The maximum atomic E-state index is 14.2. The molecule has 1 heterocycles. The minimum Gasteiger partial charge on any atom is -0.459 e. The molecule has 13 heteroatoms. The van der Waals surface area contributed by atoms with Crippen molar-refractivity contribution in [3.8, 4) is 11.1 Å². The summed E-state index contributed by atoms with van der Waals surface area (Å²) in [4.78, 5) is 70.3. The molecule has 0 aromatic heterocycles. The zero-order valence-electron chi connectivity index (χ0n) is 35.9. The van der Waals surface area contributed by atoms with Crippen LogP contribution in [0.3, 0.4) is 0 Å². The molecule has 1 aliphatic carbocycles. The number of rotatable bonds is 16. The lowest BCUT2D eigenvalue weighted by Crippen LogP contribution is -2.58. The minimum atomic E-state index is -2.36. The van der Waals surface area contributed by atoms with Crippen LogP contribution in [0.25, 0.3) is 11.1 Å². The topological polar surface area (TPSA) is 152 Å². The molecule has 0 saturated carbocycles. The second-order valence-corrected chi connectivity index (χ2v) is 22.2. The van der Waals surface area contributed by atoms with Crippen LogP contribution in [0, 0.1) is 0 Å². The van der Waals surface area contributed by atoms with Crippen molar-refractivity contribution in [1.82, 2.24) is 20.9 Å². The van der Waals surface area contributed by atoms with Crippen molar-refractivity contribution in [1.29, 1.82) is 0 Å². The highest BCUT2D eigenvalue weighted by Gasteiger charge is 2.41. The number of amides is 4. The van der Waals surface area contributed by atoms with E-state index in [1.807, 2.05) is 97.1 Å². The summed E-state index contributed by atoms with van der Waals surface area (Å²) in [7, 11) is -2.36. The molecule has 0 spiro atoms. The van der Waals surface area contributed by atoms with Crippen LogP contribution < -0.4 is 16.0 Å². The monoisotopic (exact) mass is 846 g/mol. The maximum Gasteiger partial charge on any atom is 0.407 e. The molecule has 12 nitrogen and oxygen atoms in total. The molecule has 61 heavy (non-hydrogen) atoms. The van der Waals surface area contributed by atoms with Gasteiger partial charge >= 0.3 is 12.1 Å². The van der Waals surface area contributed by atoms with Gasteiger partial charge in [0.1, 0.15) is 37.4 Å². The number of esters is 1.